The molecule has 1 heterocycles. The molecule has 1 aromatic heterocycles. The summed E-state index contributed by atoms with van der Waals surface area (Å²) in [6.45, 7) is 0.544. The first-order valence-electron chi connectivity index (χ1n) is 7.47. The summed E-state index contributed by atoms with van der Waals surface area (Å²) in [5.74, 6) is 1.50. The molecule has 0 bridgehead atoms. The van der Waals surface area contributed by atoms with Crippen molar-refractivity contribution < 1.29 is 4.74 Å². The monoisotopic (exact) mass is 381 g/mol. The normalized spacial score (nSPS) is 10.7. The van der Waals surface area contributed by atoms with Crippen LogP contribution in [0.4, 0.5) is 5.82 Å². The molecular weight excluding hydrogens is 366 g/mol. The molecule has 0 saturated carbocycles. The first kappa shape index (κ1) is 16.2. The lowest BCUT2D eigenvalue weighted by Crippen LogP contribution is -1.96. The molecule has 120 valence electrons. The second-order valence-electron chi connectivity index (χ2n) is 5.08. The van der Waals surface area contributed by atoms with Crippen LogP contribution in [0.5, 0.6) is 5.75 Å². The predicted molar refractivity (Wildman–Crippen MR) is 100 cm³/mol. The summed E-state index contributed by atoms with van der Waals surface area (Å²) in [6.07, 6.45) is 3.45. The highest BCUT2D eigenvalue weighted by Crippen LogP contribution is 2.14. The van der Waals surface area contributed by atoms with Crippen LogP contribution in [0.15, 0.2) is 82.5 Å². The average Bonchev–Trinajstić information content (AvgIpc) is 2.63. The fraction of sp³-hybridized carbons (Fsp3) is 0.0526. The lowest BCUT2D eigenvalue weighted by atomic mass is 10.2. The summed E-state index contributed by atoms with van der Waals surface area (Å²) in [4.78, 5) is 4.19. The number of ether oxygens (including phenoxy) is 1. The van der Waals surface area contributed by atoms with Crippen LogP contribution in [-0.4, -0.2) is 11.2 Å². The van der Waals surface area contributed by atoms with Crippen molar-refractivity contribution in [2.75, 3.05) is 5.43 Å². The highest BCUT2D eigenvalue weighted by atomic mass is 79.9. The molecule has 0 aliphatic carbocycles. The fourth-order valence-corrected chi connectivity index (χ4v) is 2.27. The Kier molecular flexibility index (Phi) is 5.58. The van der Waals surface area contributed by atoms with E-state index in [-0.39, 0.29) is 0 Å². The molecule has 4 nitrogen and oxygen atoms in total. The van der Waals surface area contributed by atoms with Crippen molar-refractivity contribution in [2.24, 2.45) is 5.10 Å². The molecule has 0 atom stereocenters. The Morgan fingerprint density at radius 3 is 2.71 bits per heavy atom. The van der Waals surface area contributed by atoms with Gasteiger partial charge in [0.15, 0.2) is 0 Å². The van der Waals surface area contributed by atoms with Crippen LogP contribution in [0.1, 0.15) is 11.1 Å². The van der Waals surface area contributed by atoms with Crippen molar-refractivity contribution in [3.8, 4) is 5.75 Å². The zero-order valence-electron chi connectivity index (χ0n) is 12.9. The predicted octanol–water partition coefficient (Wildman–Crippen LogP) is 4.87. The van der Waals surface area contributed by atoms with Gasteiger partial charge in [0.2, 0.25) is 0 Å². The number of hydrogen-bond acceptors (Lipinski definition) is 4. The number of aromatic nitrogens is 1. The molecule has 1 N–H and O–H groups in total. The number of halogens is 1. The third-order valence-electron chi connectivity index (χ3n) is 3.23. The molecule has 2 aromatic carbocycles. The van der Waals surface area contributed by atoms with Gasteiger partial charge in [-0.2, -0.15) is 5.10 Å². The zero-order chi connectivity index (χ0) is 16.6. The maximum absolute atomic E-state index is 5.81. The molecule has 0 amide bonds. The molecule has 0 spiro atoms. The quantitative estimate of drug-likeness (QED) is 0.489. The van der Waals surface area contributed by atoms with Gasteiger partial charge in [0.05, 0.1) is 6.21 Å². The third kappa shape index (κ3) is 4.93. The van der Waals surface area contributed by atoms with Crippen LogP contribution < -0.4 is 10.2 Å². The minimum atomic E-state index is 0.544. The maximum atomic E-state index is 5.81. The van der Waals surface area contributed by atoms with Gasteiger partial charge in [-0.15, -0.1) is 0 Å². The maximum Gasteiger partial charge on any atom is 0.146 e. The summed E-state index contributed by atoms with van der Waals surface area (Å²) in [5.41, 5.74) is 4.98. The number of pyridine rings is 1. The summed E-state index contributed by atoms with van der Waals surface area (Å²) in [5, 5.41) is 4.19. The van der Waals surface area contributed by atoms with Crippen LogP contribution in [0.25, 0.3) is 0 Å². The number of hydrogen-bond donors (Lipinski definition) is 1. The Morgan fingerprint density at radius 2 is 1.92 bits per heavy atom. The Bertz CT molecular complexity index is 804. The molecule has 0 aliphatic heterocycles. The van der Waals surface area contributed by atoms with Crippen molar-refractivity contribution >= 4 is 28.0 Å². The molecule has 24 heavy (non-hydrogen) atoms. The summed E-state index contributed by atoms with van der Waals surface area (Å²) >= 11 is 3.35. The molecule has 0 aliphatic rings. The standard InChI is InChI=1S/C19H16BrN3O/c20-17-9-10-19(21-13-17)23-22-12-16-7-4-8-18(11-16)24-14-15-5-2-1-3-6-15/h1-13H,14H2,(H,21,23)/b22-12-. The van der Waals surface area contributed by atoms with Crippen molar-refractivity contribution in [1.82, 2.24) is 4.98 Å². The van der Waals surface area contributed by atoms with Gasteiger partial charge < -0.3 is 4.74 Å². The number of anilines is 1. The second kappa shape index (κ2) is 8.26. The van der Waals surface area contributed by atoms with Gasteiger partial charge in [-0.1, -0.05) is 42.5 Å². The van der Waals surface area contributed by atoms with Gasteiger partial charge in [0.25, 0.3) is 0 Å². The van der Waals surface area contributed by atoms with Crippen LogP contribution in [0, 0.1) is 0 Å². The van der Waals surface area contributed by atoms with E-state index in [4.69, 9.17) is 4.74 Å². The molecule has 3 rings (SSSR count). The van der Waals surface area contributed by atoms with Gasteiger partial charge >= 0.3 is 0 Å². The molecule has 0 fully saturated rings. The van der Waals surface area contributed by atoms with E-state index in [1.165, 1.54) is 0 Å². The van der Waals surface area contributed by atoms with Crippen molar-refractivity contribution in [1.29, 1.82) is 0 Å². The number of benzene rings is 2. The number of nitrogens with one attached hydrogen (secondary N) is 1. The molecule has 3 aromatic rings. The Labute approximate surface area is 149 Å². The molecule has 0 unspecified atom stereocenters. The Balaban J connectivity index is 1.58. The molecule has 0 saturated heterocycles. The largest absolute Gasteiger partial charge is 0.489 e. The van der Waals surface area contributed by atoms with E-state index in [2.05, 4.69) is 31.4 Å². The van der Waals surface area contributed by atoms with Crippen LogP contribution in [-0.2, 0) is 6.61 Å². The van der Waals surface area contributed by atoms with Crippen LogP contribution in [0.3, 0.4) is 0 Å². The first-order valence-corrected chi connectivity index (χ1v) is 8.26. The van der Waals surface area contributed by atoms with E-state index in [1.807, 2.05) is 66.7 Å². The second-order valence-corrected chi connectivity index (χ2v) is 5.99. The van der Waals surface area contributed by atoms with E-state index in [9.17, 15) is 0 Å². The van der Waals surface area contributed by atoms with Gasteiger partial charge in [-0.3, -0.25) is 5.43 Å². The van der Waals surface area contributed by atoms with Gasteiger partial charge in [-0.25, -0.2) is 4.98 Å². The van der Waals surface area contributed by atoms with E-state index < -0.39 is 0 Å². The summed E-state index contributed by atoms with van der Waals surface area (Å²) in [6, 6.07) is 21.6. The minimum Gasteiger partial charge on any atom is -0.489 e. The van der Waals surface area contributed by atoms with Crippen molar-refractivity contribution in [3.05, 3.63) is 88.5 Å². The molecular formula is C19H16BrN3O. The first-order chi connectivity index (χ1) is 11.8. The molecule has 0 radical (unpaired) electrons. The van der Waals surface area contributed by atoms with E-state index in [0.29, 0.717) is 12.4 Å². The SMILES string of the molecule is Brc1ccc(N/N=C\c2cccc(OCc3ccccc3)c2)nc1. The summed E-state index contributed by atoms with van der Waals surface area (Å²) < 4.78 is 6.74. The van der Waals surface area contributed by atoms with Gasteiger partial charge in [0, 0.05) is 10.7 Å². The lowest BCUT2D eigenvalue weighted by Gasteiger charge is -2.06. The van der Waals surface area contributed by atoms with Gasteiger partial charge in [-0.05, 0) is 51.3 Å². The van der Waals surface area contributed by atoms with Crippen molar-refractivity contribution in [3.63, 3.8) is 0 Å². The van der Waals surface area contributed by atoms with E-state index in [1.54, 1.807) is 12.4 Å². The van der Waals surface area contributed by atoms with Crippen molar-refractivity contribution in [2.45, 2.75) is 6.61 Å². The number of hydrazone groups is 1. The lowest BCUT2D eigenvalue weighted by molar-refractivity contribution is 0.306. The highest BCUT2D eigenvalue weighted by molar-refractivity contribution is 9.10. The zero-order valence-corrected chi connectivity index (χ0v) is 14.5. The highest BCUT2D eigenvalue weighted by Gasteiger charge is 1.97. The van der Waals surface area contributed by atoms with E-state index in [0.717, 1.165) is 21.3 Å². The van der Waals surface area contributed by atoms with E-state index >= 15 is 0 Å². The fourth-order valence-electron chi connectivity index (χ4n) is 2.04. The topological polar surface area (TPSA) is 46.5 Å². The third-order valence-corrected chi connectivity index (χ3v) is 3.70. The van der Waals surface area contributed by atoms with Crippen LogP contribution >= 0.6 is 15.9 Å². The van der Waals surface area contributed by atoms with Crippen LogP contribution in [0.2, 0.25) is 0 Å². The minimum absolute atomic E-state index is 0.544. The number of nitrogens with zero attached hydrogens (tertiary/aromatic N) is 2. The van der Waals surface area contributed by atoms with Gasteiger partial charge in [0.1, 0.15) is 18.2 Å². The molecule has 5 heteroatoms. The number of rotatable bonds is 6. The Morgan fingerprint density at radius 1 is 1.04 bits per heavy atom. The average molecular weight is 382 g/mol. The Hall–Kier alpha value is -2.66. The summed E-state index contributed by atoms with van der Waals surface area (Å²) in [7, 11) is 0. The smallest absolute Gasteiger partial charge is 0.146 e.